The summed E-state index contributed by atoms with van der Waals surface area (Å²) in [4.78, 5) is 53.1. The Morgan fingerprint density at radius 1 is 1.25 bits per heavy atom. The molecule has 3 aliphatic rings. The van der Waals surface area contributed by atoms with Crippen molar-refractivity contribution in [3.8, 4) is 0 Å². The second kappa shape index (κ2) is 8.09. The van der Waals surface area contributed by atoms with E-state index in [2.05, 4.69) is 15.3 Å². The molecule has 2 atom stereocenters. The molecular weight excluding hydrogens is 394 g/mol. The van der Waals surface area contributed by atoms with Crippen LogP contribution in [0, 0.1) is 0 Å². The molecule has 0 radical (unpaired) electrons. The van der Waals surface area contributed by atoms with Crippen LogP contribution in [0.4, 0.5) is 4.79 Å². The molecule has 2 amide bonds. The number of carboxylic acids is 2. The van der Waals surface area contributed by atoms with Gasteiger partial charge >= 0.3 is 18.0 Å². The summed E-state index contributed by atoms with van der Waals surface area (Å²) in [5, 5.41) is 24.0. The van der Waals surface area contributed by atoms with Crippen molar-refractivity contribution in [2.24, 2.45) is 5.16 Å². The van der Waals surface area contributed by atoms with E-state index in [4.69, 9.17) is 4.74 Å². The second-order valence-electron chi connectivity index (χ2n) is 6.40. The predicted molar refractivity (Wildman–Crippen MR) is 95.5 cm³/mol. The smallest absolute Gasteiger partial charge is 0.408 e. The quantitative estimate of drug-likeness (QED) is 0.318. The number of nitrogens with one attached hydrogen (secondary N) is 1. The number of amides is 2. The molecule has 0 aromatic heterocycles. The number of carbonyl (C=O) groups excluding carboxylic acids is 2. The van der Waals surface area contributed by atoms with Crippen molar-refractivity contribution in [3.05, 3.63) is 11.3 Å². The van der Waals surface area contributed by atoms with Crippen LogP contribution in [0.15, 0.2) is 16.4 Å². The molecule has 152 valence electrons. The number of oxime groups is 1. The first-order valence-electron chi connectivity index (χ1n) is 8.58. The summed E-state index contributed by atoms with van der Waals surface area (Å²) >= 11 is 1.12. The molecule has 28 heavy (non-hydrogen) atoms. The van der Waals surface area contributed by atoms with Crippen LogP contribution < -0.4 is 5.32 Å². The molecular formula is C16H19N3O8S. The van der Waals surface area contributed by atoms with Gasteiger partial charge in [-0.1, -0.05) is 5.16 Å². The largest absolute Gasteiger partial charge is 0.477 e. The van der Waals surface area contributed by atoms with Gasteiger partial charge in [-0.15, -0.1) is 11.8 Å². The summed E-state index contributed by atoms with van der Waals surface area (Å²) in [6, 6.07) is -0.942. The van der Waals surface area contributed by atoms with E-state index < -0.39 is 46.8 Å². The van der Waals surface area contributed by atoms with E-state index in [1.54, 1.807) is 0 Å². The highest BCUT2D eigenvalue weighted by Gasteiger charge is 2.55. The van der Waals surface area contributed by atoms with E-state index in [9.17, 15) is 29.4 Å². The lowest BCUT2D eigenvalue weighted by Crippen LogP contribution is -2.70. The standard InChI is InChI=1S/C16H19N3O8S/c1-26-18-9(14(21)22)8-6-28-13-10(12(20)19(13)11(8)15(23)24)17-16(25)27-7-4-2-3-5-7/h7,10,13H,2-6H2,1H3,(H,17,25)(H,21,22)(H,23,24)/t10-,13+/m1/s1. The molecule has 11 nitrogen and oxygen atoms in total. The minimum absolute atomic E-state index is 0.0274. The maximum atomic E-state index is 12.5. The van der Waals surface area contributed by atoms with E-state index in [0.717, 1.165) is 49.5 Å². The molecule has 3 N–H and O–H groups in total. The maximum Gasteiger partial charge on any atom is 0.408 e. The van der Waals surface area contributed by atoms with Crippen molar-refractivity contribution >= 4 is 41.4 Å². The Morgan fingerprint density at radius 2 is 1.93 bits per heavy atom. The third kappa shape index (κ3) is 3.63. The normalized spacial score (nSPS) is 25.1. The number of hydrogen-bond acceptors (Lipinski definition) is 8. The van der Waals surface area contributed by atoms with Gasteiger partial charge < -0.3 is 25.1 Å². The lowest BCUT2D eigenvalue weighted by atomic mass is 10.0. The SMILES string of the molecule is CON=C(C(=O)O)C1=C(C(=O)O)N2C(=O)[C@@H](NC(=O)OC3CCCC3)[C@@H]2SC1. The molecule has 0 aromatic carbocycles. The fourth-order valence-electron chi connectivity index (χ4n) is 3.43. The fourth-order valence-corrected chi connectivity index (χ4v) is 4.78. The van der Waals surface area contributed by atoms with Gasteiger partial charge in [-0.3, -0.25) is 9.69 Å². The summed E-state index contributed by atoms with van der Waals surface area (Å²) < 4.78 is 5.27. The summed E-state index contributed by atoms with van der Waals surface area (Å²) in [7, 11) is 1.13. The van der Waals surface area contributed by atoms with E-state index >= 15 is 0 Å². The predicted octanol–water partition coefficient (Wildman–Crippen LogP) is 0.365. The number of ether oxygens (including phenoxy) is 1. The van der Waals surface area contributed by atoms with Crippen LogP contribution in [0.3, 0.4) is 0 Å². The number of rotatable bonds is 6. The Kier molecular flexibility index (Phi) is 5.77. The van der Waals surface area contributed by atoms with Gasteiger partial charge in [0.1, 0.15) is 30.3 Å². The van der Waals surface area contributed by atoms with Gasteiger partial charge in [0, 0.05) is 11.3 Å². The summed E-state index contributed by atoms with van der Waals surface area (Å²) in [6.07, 6.45) is 2.64. The molecule has 2 heterocycles. The summed E-state index contributed by atoms with van der Waals surface area (Å²) in [5.74, 6) is -3.62. The number of fused-ring (bicyclic) bond motifs is 1. The molecule has 12 heteroatoms. The first kappa shape index (κ1) is 20.0. The molecule has 2 fully saturated rings. The summed E-state index contributed by atoms with van der Waals surface area (Å²) in [6.45, 7) is 0. The van der Waals surface area contributed by atoms with Crippen LogP contribution in [0.2, 0.25) is 0 Å². The third-order valence-electron chi connectivity index (χ3n) is 4.69. The van der Waals surface area contributed by atoms with Crippen LogP contribution in [-0.2, 0) is 24.0 Å². The van der Waals surface area contributed by atoms with Crippen molar-refractivity contribution in [1.29, 1.82) is 0 Å². The fraction of sp³-hybridized carbons (Fsp3) is 0.562. The highest BCUT2D eigenvalue weighted by molar-refractivity contribution is 8.00. The Morgan fingerprint density at radius 3 is 2.50 bits per heavy atom. The van der Waals surface area contributed by atoms with Gasteiger partial charge in [-0.2, -0.15) is 0 Å². The number of aliphatic carboxylic acids is 2. The first-order chi connectivity index (χ1) is 13.3. The zero-order valence-corrected chi connectivity index (χ0v) is 15.7. The van der Waals surface area contributed by atoms with Crippen molar-refractivity contribution < 1.29 is 39.0 Å². The zero-order chi connectivity index (χ0) is 20.4. The first-order valence-corrected chi connectivity index (χ1v) is 9.63. The van der Waals surface area contributed by atoms with Gasteiger partial charge in [-0.25, -0.2) is 14.4 Å². The molecule has 3 rings (SSSR count). The Balaban J connectivity index is 1.77. The minimum Gasteiger partial charge on any atom is -0.477 e. The maximum absolute atomic E-state index is 12.5. The Labute approximate surface area is 163 Å². The molecule has 0 unspecified atom stereocenters. The van der Waals surface area contributed by atoms with Crippen LogP contribution in [-0.4, -0.2) is 75.1 Å². The highest BCUT2D eigenvalue weighted by Crippen LogP contribution is 2.40. The minimum atomic E-state index is -1.47. The van der Waals surface area contributed by atoms with E-state index in [0.29, 0.717) is 0 Å². The van der Waals surface area contributed by atoms with Crippen molar-refractivity contribution in [1.82, 2.24) is 10.2 Å². The van der Waals surface area contributed by atoms with Gasteiger partial charge in [0.2, 0.25) is 0 Å². The highest BCUT2D eigenvalue weighted by atomic mass is 32.2. The van der Waals surface area contributed by atoms with Crippen molar-refractivity contribution in [2.45, 2.75) is 43.2 Å². The number of nitrogens with zero attached hydrogens (tertiary/aromatic N) is 2. The number of thioether (sulfide) groups is 1. The van der Waals surface area contributed by atoms with Crippen LogP contribution in [0.5, 0.6) is 0 Å². The summed E-state index contributed by atoms with van der Waals surface area (Å²) in [5.41, 5.74) is -1.20. The van der Waals surface area contributed by atoms with Gasteiger partial charge in [-0.05, 0) is 25.7 Å². The Bertz CT molecular complexity index is 774. The number of alkyl carbamates (subject to hydrolysis) is 1. The molecule has 0 spiro atoms. The number of carboxylic acid groups (broad SMARTS) is 2. The molecule has 0 bridgehead atoms. The van der Waals surface area contributed by atoms with E-state index in [1.165, 1.54) is 0 Å². The Hall–Kier alpha value is -2.76. The third-order valence-corrected chi connectivity index (χ3v) is 5.97. The van der Waals surface area contributed by atoms with Crippen LogP contribution in [0.25, 0.3) is 0 Å². The van der Waals surface area contributed by atoms with Crippen molar-refractivity contribution in [2.75, 3.05) is 12.9 Å². The zero-order valence-electron chi connectivity index (χ0n) is 14.9. The molecule has 1 aliphatic carbocycles. The topological polar surface area (TPSA) is 155 Å². The van der Waals surface area contributed by atoms with Gasteiger partial charge in [0.15, 0.2) is 5.71 Å². The van der Waals surface area contributed by atoms with Crippen LogP contribution in [0.1, 0.15) is 25.7 Å². The number of hydrogen-bond donors (Lipinski definition) is 3. The second-order valence-corrected chi connectivity index (χ2v) is 7.51. The van der Waals surface area contributed by atoms with Gasteiger partial charge in [0.25, 0.3) is 5.91 Å². The van der Waals surface area contributed by atoms with Crippen LogP contribution >= 0.6 is 11.8 Å². The monoisotopic (exact) mass is 413 g/mol. The number of carbonyl (C=O) groups is 4. The average Bonchev–Trinajstić information content (AvgIpc) is 3.15. The van der Waals surface area contributed by atoms with Gasteiger partial charge in [0.05, 0.1) is 0 Å². The lowest BCUT2D eigenvalue weighted by Gasteiger charge is -2.49. The number of β-lactam (4-membered cyclic amide) rings is 1. The molecule has 0 aromatic rings. The molecule has 2 aliphatic heterocycles. The van der Waals surface area contributed by atoms with E-state index in [-0.39, 0.29) is 17.4 Å². The van der Waals surface area contributed by atoms with E-state index in [1.807, 2.05) is 0 Å². The lowest BCUT2D eigenvalue weighted by molar-refractivity contribution is -0.149. The molecule has 1 saturated carbocycles. The van der Waals surface area contributed by atoms with Crippen molar-refractivity contribution in [3.63, 3.8) is 0 Å². The molecule has 1 saturated heterocycles. The average molecular weight is 413 g/mol.